The summed E-state index contributed by atoms with van der Waals surface area (Å²) in [5, 5.41) is 16.0. The number of carbonyl (C=O) groups is 1. The zero-order valence-corrected chi connectivity index (χ0v) is 22.3. The number of aromatic nitrogens is 2. The number of carbonyl (C=O) groups excluding carboxylic acids is 1. The Morgan fingerprint density at radius 3 is 2.51 bits per heavy atom. The van der Waals surface area contributed by atoms with Crippen molar-refractivity contribution >= 4 is 67.0 Å². The number of benzene rings is 2. The van der Waals surface area contributed by atoms with Crippen LogP contribution in [0.5, 0.6) is 0 Å². The largest absolute Gasteiger partial charge is 0.397 e. The number of halogens is 1. The summed E-state index contributed by atoms with van der Waals surface area (Å²) in [6.45, 7) is 4.22. The second-order valence-corrected chi connectivity index (χ2v) is 10.9. The molecule has 0 bridgehead atoms. The summed E-state index contributed by atoms with van der Waals surface area (Å²) >= 11 is 8.69. The van der Waals surface area contributed by atoms with Crippen LogP contribution < -0.4 is 16.8 Å². The summed E-state index contributed by atoms with van der Waals surface area (Å²) in [4.78, 5) is 22.9. The fourth-order valence-electron chi connectivity index (χ4n) is 4.05. The lowest BCUT2D eigenvalue weighted by atomic mass is 9.94. The fraction of sp³-hybridized carbons (Fsp3) is 0.111. The number of hydrogen-bond donors (Lipinski definition) is 3. The van der Waals surface area contributed by atoms with Crippen LogP contribution in [0, 0.1) is 11.3 Å². The van der Waals surface area contributed by atoms with E-state index < -0.39 is 5.91 Å². The average molecular weight is 545 g/mol. The predicted octanol–water partition coefficient (Wildman–Crippen LogP) is 7.15. The third kappa shape index (κ3) is 4.51. The first-order chi connectivity index (χ1) is 17.8. The lowest BCUT2D eigenvalue weighted by Gasteiger charge is -2.11. The van der Waals surface area contributed by atoms with Crippen LogP contribution in [0.3, 0.4) is 0 Å². The van der Waals surface area contributed by atoms with Gasteiger partial charge in [-0.15, -0.1) is 22.7 Å². The molecular weight excluding hydrogens is 524 g/mol. The van der Waals surface area contributed by atoms with Crippen molar-refractivity contribution in [3.8, 4) is 28.5 Å². The quantitative estimate of drug-likeness (QED) is 0.215. The molecule has 7 nitrogen and oxygen atoms in total. The molecule has 0 atom stereocenters. The van der Waals surface area contributed by atoms with E-state index in [0.29, 0.717) is 37.5 Å². The van der Waals surface area contributed by atoms with Gasteiger partial charge in [0.25, 0.3) is 5.91 Å². The number of nitrogens with one attached hydrogen (secondary N) is 1. The number of amides is 1. The number of thiazole rings is 1. The Hall–Kier alpha value is -3.97. The van der Waals surface area contributed by atoms with Crippen molar-refractivity contribution in [1.82, 2.24) is 9.97 Å². The number of fused-ring (bicyclic) bond motifs is 1. The first-order valence-corrected chi connectivity index (χ1v) is 13.4. The van der Waals surface area contributed by atoms with E-state index in [1.807, 2.05) is 47.8 Å². The van der Waals surface area contributed by atoms with E-state index in [2.05, 4.69) is 35.2 Å². The Morgan fingerprint density at radius 1 is 1.11 bits per heavy atom. The maximum Gasteiger partial charge on any atom is 0.269 e. The molecule has 5 N–H and O–H groups in total. The van der Waals surface area contributed by atoms with Gasteiger partial charge in [-0.05, 0) is 23.1 Å². The fourth-order valence-corrected chi connectivity index (χ4v) is 6.00. The predicted molar refractivity (Wildman–Crippen MR) is 153 cm³/mol. The molecule has 184 valence electrons. The van der Waals surface area contributed by atoms with Gasteiger partial charge in [0.15, 0.2) is 5.13 Å². The van der Waals surface area contributed by atoms with E-state index in [4.69, 9.17) is 23.1 Å². The molecule has 0 saturated carbocycles. The van der Waals surface area contributed by atoms with Gasteiger partial charge < -0.3 is 11.5 Å². The molecule has 37 heavy (non-hydrogen) atoms. The number of thiophene rings is 1. The van der Waals surface area contributed by atoms with Crippen LogP contribution in [0.15, 0.2) is 53.9 Å². The molecular formula is C27H21ClN6OS2. The van der Waals surface area contributed by atoms with Crippen molar-refractivity contribution in [1.29, 1.82) is 5.26 Å². The third-order valence-electron chi connectivity index (χ3n) is 5.96. The topological polar surface area (TPSA) is 131 Å². The Bertz CT molecular complexity index is 1700. The van der Waals surface area contributed by atoms with Crippen LogP contribution >= 0.6 is 34.3 Å². The maximum absolute atomic E-state index is 13.3. The van der Waals surface area contributed by atoms with Crippen molar-refractivity contribution in [2.24, 2.45) is 0 Å². The highest BCUT2D eigenvalue weighted by Crippen LogP contribution is 2.43. The number of nitrogen functional groups attached to an aromatic ring is 2. The van der Waals surface area contributed by atoms with Gasteiger partial charge in [-0.1, -0.05) is 67.9 Å². The summed E-state index contributed by atoms with van der Waals surface area (Å²) in [6, 6.07) is 17.4. The van der Waals surface area contributed by atoms with Crippen molar-refractivity contribution < 1.29 is 4.79 Å². The zero-order valence-electron chi connectivity index (χ0n) is 19.9. The average Bonchev–Trinajstić information content (AvgIpc) is 3.47. The molecule has 0 saturated heterocycles. The van der Waals surface area contributed by atoms with Crippen molar-refractivity contribution in [2.45, 2.75) is 19.8 Å². The number of rotatable bonds is 5. The lowest BCUT2D eigenvalue weighted by Crippen LogP contribution is -2.11. The molecule has 0 aliphatic rings. The van der Waals surface area contributed by atoms with Crippen LogP contribution in [0.4, 0.5) is 16.6 Å². The van der Waals surface area contributed by atoms with Gasteiger partial charge in [0, 0.05) is 26.9 Å². The van der Waals surface area contributed by atoms with E-state index in [1.54, 1.807) is 6.07 Å². The van der Waals surface area contributed by atoms with Gasteiger partial charge in [0.05, 0.1) is 11.4 Å². The molecule has 3 heterocycles. The van der Waals surface area contributed by atoms with Crippen molar-refractivity contribution in [2.75, 3.05) is 16.8 Å². The molecule has 3 aromatic heterocycles. The third-order valence-corrected chi connectivity index (χ3v) is 8.15. The van der Waals surface area contributed by atoms with E-state index in [-0.39, 0.29) is 21.9 Å². The second kappa shape index (κ2) is 9.82. The Kier molecular flexibility index (Phi) is 6.56. The van der Waals surface area contributed by atoms with Gasteiger partial charge >= 0.3 is 0 Å². The van der Waals surface area contributed by atoms with Crippen molar-refractivity contribution in [3.63, 3.8) is 0 Å². The molecule has 10 heteroatoms. The van der Waals surface area contributed by atoms with Gasteiger partial charge in [-0.2, -0.15) is 5.26 Å². The number of nitriles is 1. The smallest absolute Gasteiger partial charge is 0.269 e. The molecule has 0 radical (unpaired) electrons. The minimum absolute atomic E-state index is 0.0930. The number of anilines is 3. The number of nitrogens with two attached hydrogens (primary N) is 2. The van der Waals surface area contributed by atoms with Crippen LogP contribution in [0.1, 0.15) is 40.6 Å². The lowest BCUT2D eigenvalue weighted by molar-refractivity contribution is 0.103. The summed E-state index contributed by atoms with van der Waals surface area (Å²) in [7, 11) is 0. The van der Waals surface area contributed by atoms with E-state index in [1.165, 1.54) is 16.9 Å². The molecule has 0 fully saturated rings. The minimum atomic E-state index is -0.418. The summed E-state index contributed by atoms with van der Waals surface area (Å²) in [5.41, 5.74) is 17.1. The van der Waals surface area contributed by atoms with E-state index in [0.717, 1.165) is 22.5 Å². The molecule has 2 aromatic carbocycles. The Labute approximate surface area is 226 Å². The first kappa shape index (κ1) is 24.7. The molecule has 1 amide bonds. The van der Waals surface area contributed by atoms with Crippen LogP contribution in [0.25, 0.3) is 32.6 Å². The molecule has 0 aliphatic heterocycles. The Balaban J connectivity index is 1.55. The monoisotopic (exact) mass is 544 g/mol. The van der Waals surface area contributed by atoms with Crippen LogP contribution in [-0.4, -0.2) is 15.9 Å². The van der Waals surface area contributed by atoms with Crippen LogP contribution in [0.2, 0.25) is 5.02 Å². The highest BCUT2D eigenvalue weighted by molar-refractivity contribution is 7.21. The van der Waals surface area contributed by atoms with E-state index >= 15 is 0 Å². The Morgan fingerprint density at radius 2 is 1.84 bits per heavy atom. The highest BCUT2D eigenvalue weighted by Gasteiger charge is 2.25. The van der Waals surface area contributed by atoms with Gasteiger partial charge in [0.1, 0.15) is 27.2 Å². The highest BCUT2D eigenvalue weighted by atomic mass is 35.5. The molecule has 0 aliphatic carbocycles. The van der Waals surface area contributed by atoms with E-state index in [9.17, 15) is 10.1 Å². The van der Waals surface area contributed by atoms with Crippen LogP contribution in [-0.2, 0) is 0 Å². The SMILES string of the molecule is CC(C)c1ccc(-c2c(C#N)c(N)nc3sc(C(=O)Nc4nc(-c5ccccc5Cl)cs4)c(N)c23)cc1. The first-order valence-electron chi connectivity index (χ1n) is 11.3. The maximum atomic E-state index is 13.3. The summed E-state index contributed by atoms with van der Waals surface area (Å²) in [6.07, 6.45) is 0. The number of nitrogens with zero attached hydrogens (tertiary/aromatic N) is 3. The summed E-state index contributed by atoms with van der Waals surface area (Å²) in [5.74, 6) is 0.0343. The molecule has 0 spiro atoms. The molecule has 5 aromatic rings. The number of pyridine rings is 1. The molecule has 5 rings (SSSR count). The van der Waals surface area contributed by atoms with Gasteiger partial charge in [-0.3, -0.25) is 10.1 Å². The normalized spacial score (nSPS) is 11.1. The second-order valence-electron chi connectivity index (χ2n) is 8.63. The molecule has 0 unspecified atom stereocenters. The standard InChI is InChI=1S/C27H21ClN6OS2/c1-13(2)14-7-9-15(10-8-14)20-17(11-29)24(31)33-26-21(20)22(30)23(37-26)25(35)34-27-32-19(12-36-27)16-5-3-4-6-18(16)28/h3-10,12-13H,30H2,1-2H3,(H2,31,33)(H,32,34,35). The minimum Gasteiger partial charge on any atom is -0.397 e. The van der Waals surface area contributed by atoms with Crippen molar-refractivity contribution in [3.05, 3.63) is 74.9 Å². The van der Waals surface area contributed by atoms with Gasteiger partial charge in [0.2, 0.25) is 0 Å². The zero-order chi connectivity index (χ0) is 26.3. The van der Waals surface area contributed by atoms with Gasteiger partial charge in [-0.25, -0.2) is 9.97 Å². The summed E-state index contributed by atoms with van der Waals surface area (Å²) < 4.78 is 0. The number of hydrogen-bond acceptors (Lipinski definition) is 8.